The van der Waals surface area contributed by atoms with Gasteiger partial charge in [-0.05, 0) is 31.2 Å². The smallest absolute Gasteiger partial charge is 0.206 e. The van der Waals surface area contributed by atoms with Crippen molar-refractivity contribution in [2.45, 2.75) is 6.92 Å². The van der Waals surface area contributed by atoms with E-state index in [1.807, 2.05) is 19.1 Å². The molecule has 17 heavy (non-hydrogen) atoms. The minimum atomic E-state index is -0.0488. The Labute approximate surface area is 104 Å². The van der Waals surface area contributed by atoms with Crippen LogP contribution in [0, 0.1) is 6.92 Å². The number of benzene rings is 1. The van der Waals surface area contributed by atoms with Crippen LogP contribution in [-0.4, -0.2) is 12.9 Å². The molecule has 2 N–H and O–H groups in total. The molecule has 0 aliphatic carbocycles. The third-order valence-electron chi connectivity index (χ3n) is 2.46. The van der Waals surface area contributed by atoms with E-state index in [9.17, 15) is 4.79 Å². The van der Waals surface area contributed by atoms with E-state index in [0.29, 0.717) is 21.9 Å². The molecule has 0 saturated heterocycles. The number of nitrogen functional groups attached to an aromatic ring is 1. The van der Waals surface area contributed by atoms with Crippen LogP contribution in [0.3, 0.4) is 0 Å². The largest absolute Gasteiger partial charge is 0.494 e. The van der Waals surface area contributed by atoms with Crippen LogP contribution in [0.25, 0.3) is 0 Å². The number of ether oxygens (including phenoxy) is 1. The van der Waals surface area contributed by atoms with Crippen LogP contribution in [0.2, 0.25) is 0 Å². The highest BCUT2D eigenvalue weighted by Crippen LogP contribution is 2.29. The molecule has 2 rings (SSSR count). The second-order valence-electron chi connectivity index (χ2n) is 3.67. The summed E-state index contributed by atoms with van der Waals surface area (Å²) in [6.07, 6.45) is 0. The number of ketones is 1. The second-order valence-corrected chi connectivity index (χ2v) is 4.96. The van der Waals surface area contributed by atoms with Gasteiger partial charge in [-0.15, -0.1) is 11.3 Å². The van der Waals surface area contributed by atoms with Crippen LogP contribution in [0.15, 0.2) is 30.3 Å². The van der Waals surface area contributed by atoms with Gasteiger partial charge in [0.25, 0.3) is 0 Å². The maximum Gasteiger partial charge on any atom is 0.206 e. The first-order chi connectivity index (χ1) is 8.13. The summed E-state index contributed by atoms with van der Waals surface area (Å²) in [7, 11) is 1.52. The normalized spacial score (nSPS) is 10.2. The summed E-state index contributed by atoms with van der Waals surface area (Å²) in [6.45, 7) is 1.97. The predicted molar refractivity (Wildman–Crippen MR) is 69.9 cm³/mol. The first-order valence-electron chi connectivity index (χ1n) is 5.17. The van der Waals surface area contributed by atoms with E-state index in [4.69, 9.17) is 10.5 Å². The van der Waals surface area contributed by atoms with Gasteiger partial charge in [0.1, 0.15) is 0 Å². The number of para-hydroxylation sites is 1. The van der Waals surface area contributed by atoms with Crippen molar-refractivity contribution in [1.29, 1.82) is 0 Å². The van der Waals surface area contributed by atoms with Crippen molar-refractivity contribution in [2.24, 2.45) is 0 Å². The second kappa shape index (κ2) is 4.59. The molecule has 2 aromatic rings. The van der Waals surface area contributed by atoms with E-state index in [1.165, 1.54) is 18.4 Å². The van der Waals surface area contributed by atoms with Crippen LogP contribution in [0.4, 0.5) is 5.69 Å². The van der Waals surface area contributed by atoms with Gasteiger partial charge >= 0.3 is 0 Å². The van der Waals surface area contributed by atoms with E-state index >= 15 is 0 Å². The summed E-state index contributed by atoms with van der Waals surface area (Å²) in [5.74, 6) is 0.399. The van der Waals surface area contributed by atoms with Gasteiger partial charge in [0.05, 0.1) is 23.2 Å². The number of carbonyl (C=O) groups is 1. The predicted octanol–water partition coefficient (Wildman–Crippen LogP) is 2.88. The number of hydrogen-bond donors (Lipinski definition) is 1. The van der Waals surface area contributed by atoms with Crippen LogP contribution >= 0.6 is 11.3 Å². The summed E-state index contributed by atoms with van der Waals surface area (Å²) in [5, 5.41) is 0. The van der Waals surface area contributed by atoms with Gasteiger partial charge in [-0.25, -0.2) is 0 Å². The molecule has 0 spiro atoms. The first-order valence-corrected chi connectivity index (χ1v) is 5.98. The van der Waals surface area contributed by atoms with Crippen LogP contribution in [0.5, 0.6) is 5.75 Å². The van der Waals surface area contributed by atoms with E-state index in [2.05, 4.69) is 0 Å². The zero-order valence-corrected chi connectivity index (χ0v) is 10.5. The van der Waals surface area contributed by atoms with Gasteiger partial charge in [0.15, 0.2) is 5.75 Å². The lowest BCUT2D eigenvalue weighted by molar-refractivity contribution is 0.103. The summed E-state index contributed by atoms with van der Waals surface area (Å²) in [4.78, 5) is 14.1. The lowest BCUT2D eigenvalue weighted by Crippen LogP contribution is -2.04. The van der Waals surface area contributed by atoms with E-state index in [0.717, 1.165) is 4.88 Å². The molecule has 1 aromatic heterocycles. The number of aryl methyl sites for hydroxylation is 1. The Hall–Kier alpha value is -1.81. The fourth-order valence-electron chi connectivity index (χ4n) is 1.65. The molecule has 3 nitrogen and oxygen atoms in total. The van der Waals surface area contributed by atoms with Gasteiger partial charge in [-0.1, -0.05) is 6.07 Å². The third kappa shape index (κ3) is 2.17. The molecule has 0 aliphatic rings. The molecule has 0 amide bonds. The van der Waals surface area contributed by atoms with E-state index < -0.39 is 0 Å². The van der Waals surface area contributed by atoms with Gasteiger partial charge < -0.3 is 10.5 Å². The monoisotopic (exact) mass is 247 g/mol. The fourth-order valence-corrected chi connectivity index (χ4v) is 2.47. The molecule has 0 radical (unpaired) electrons. The quantitative estimate of drug-likeness (QED) is 0.670. The van der Waals surface area contributed by atoms with Crippen molar-refractivity contribution in [1.82, 2.24) is 0 Å². The van der Waals surface area contributed by atoms with Crippen LogP contribution in [0.1, 0.15) is 20.1 Å². The van der Waals surface area contributed by atoms with Crippen molar-refractivity contribution in [2.75, 3.05) is 12.8 Å². The standard InChI is InChI=1S/C13H13NO2S/c1-8-6-7-11(17-8)12(15)9-4-3-5-10(14)13(9)16-2/h3-7H,14H2,1-2H3. The Morgan fingerprint density at radius 1 is 1.29 bits per heavy atom. The molecule has 88 valence electrons. The number of rotatable bonds is 3. The Morgan fingerprint density at radius 3 is 2.65 bits per heavy atom. The Bertz CT molecular complexity index is 560. The highest BCUT2D eigenvalue weighted by molar-refractivity contribution is 7.14. The summed E-state index contributed by atoms with van der Waals surface area (Å²) >= 11 is 1.47. The number of methoxy groups -OCH3 is 1. The van der Waals surface area contributed by atoms with E-state index in [1.54, 1.807) is 18.2 Å². The van der Waals surface area contributed by atoms with Crippen LogP contribution in [-0.2, 0) is 0 Å². The third-order valence-corrected chi connectivity index (χ3v) is 3.46. The maximum atomic E-state index is 12.3. The zero-order chi connectivity index (χ0) is 12.4. The number of carbonyl (C=O) groups excluding carboxylic acids is 1. The Balaban J connectivity index is 2.47. The molecule has 1 heterocycles. The summed E-state index contributed by atoms with van der Waals surface area (Å²) < 4.78 is 5.18. The summed E-state index contributed by atoms with van der Waals surface area (Å²) in [6, 6.07) is 8.95. The SMILES string of the molecule is COc1c(N)cccc1C(=O)c1ccc(C)s1. The highest BCUT2D eigenvalue weighted by atomic mass is 32.1. The van der Waals surface area contributed by atoms with Crippen molar-refractivity contribution < 1.29 is 9.53 Å². The van der Waals surface area contributed by atoms with Crippen molar-refractivity contribution in [3.05, 3.63) is 45.6 Å². The Kier molecular flexibility index (Phi) is 3.15. The van der Waals surface area contributed by atoms with Crippen LogP contribution < -0.4 is 10.5 Å². The molecular formula is C13H13NO2S. The molecule has 4 heteroatoms. The van der Waals surface area contributed by atoms with Crippen molar-refractivity contribution in [3.63, 3.8) is 0 Å². The minimum Gasteiger partial charge on any atom is -0.494 e. The highest BCUT2D eigenvalue weighted by Gasteiger charge is 2.17. The topological polar surface area (TPSA) is 52.3 Å². The maximum absolute atomic E-state index is 12.3. The first kappa shape index (κ1) is 11.7. The average molecular weight is 247 g/mol. The molecule has 1 aromatic carbocycles. The average Bonchev–Trinajstić information content (AvgIpc) is 2.74. The lowest BCUT2D eigenvalue weighted by atomic mass is 10.1. The van der Waals surface area contributed by atoms with Crippen molar-refractivity contribution in [3.8, 4) is 5.75 Å². The molecule has 0 saturated carbocycles. The van der Waals surface area contributed by atoms with Gasteiger partial charge in [0.2, 0.25) is 5.78 Å². The van der Waals surface area contributed by atoms with E-state index in [-0.39, 0.29) is 5.78 Å². The molecule has 0 aliphatic heterocycles. The minimum absolute atomic E-state index is 0.0488. The number of thiophene rings is 1. The van der Waals surface area contributed by atoms with Gasteiger partial charge in [-0.2, -0.15) is 0 Å². The number of hydrogen-bond acceptors (Lipinski definition) is 4. The number of anilines is 1. The molecule has 0 bridgehead atoms. The fraction of sp³-hybridized carbons (Fsp3) is 0.154. The van der Waals surface area contributed by atoms with Gasteiger partial charge in [0, 0.05) is 4.88 Å². The van der Waals surface area contributed by atoms with Gasteiger partial charge in [-0.3, -0.25) is 4.79 Å². The zero-order valence-electron chi connectivity index (χ0n) is 9.69. The number of nitrogens with two attached hydrogens (primary N) is 1. The molecule has 0 unspecified atom stereocenters. The lowest BCUT2D eigenvalue weighted by Gasteiger charge is -2.08. The van der Waals surface area contributed by atoms with Crippen molar-refractivity contribution >= 4 is 22.8 Å². The molecule has 0 fully saturated rings. The summed E-state index contributed by atoms with van der Waals surface area (Å²) in [5.41, 5.74) is 6.77. The molecular weight excluding hydrogens is 234 g/mol. The Morgan fingerprint density at radius 2 is 2.06 bits per heavy atom. The molecule has 0 atom stereocenters.